The molecule has 4 heterocycles. The molecule has 8 heteroatoms. The van der Waals surface area contributed by atoms with E-state index in [9.17, 15) is 4.79 Å². The third-order valence-corrected chi connectivity index (χ3v) is 4.67. The van der Waals surface area contributed by atoms with Gasteiger partial charge in [-0.25, -0.2) is 4.98 Å². The number of hydrogen-bond acceptors (Lipinski definition) is 6. The number of anilines is 1. The molecule has 0 N–H and O–H groups in total. The number of amides is 1. The molecule has 0 aliphatic carbocycles. The molecule has 0 atom stereocenters. The standard InChI is InChI=1S/C20H22N6O2/c1-2-28-19-8-5-16(15-21-19)20(27)26-13-11-25(12-14-26)18-7-6-17(22-23-18)24-9-3-4-10-24/h3-10,15H,2,11-14H2,1H3. The van der Waals surface area contributed by atoms with Crippen LogP contribution in [0.3, 0.4) is 0 Å². The van der Waals surface area contributed by atoms with Gasteiger partial charge in [-0.15, -0.1) is 10.2 Å². The SMILES string of the molecule is CCOc1ccc(C(=O)N2CCN(c3ccc(-n4cccc4)nn3)CC2)cn1. The molecule has 1 amide bonds. The Bertz CT molecular complexity index is 901. The molecule has 8 nitrogen and oxygen atoms in total. The quantitative estimate of drug-likeness (QED) is 0.676. The van der Waals surface area contributed by atoms with E-state index in [0.717, 1.165) is 11.6 Å². The Morgan fingerprint density at radius 2 is 1.71 bits per heavy atom. The maximum absolute atomic E-state index is 12.7. The van der Waals surface area contributed by atoms with Crippen molar-refractivity contribution in [3.05, 3.63) is 60.6 Å². The van der Waals surface area contributed by atoms with E-state index >= 15 is 0 Å². The third kappa shape index (κ3) is 3.80. The van der Waals surface area contributed by atoms with Gasteiger partial charge in [0.05, 0.1) is 12.2 Å². The minimum Gasteiger partial charge on any atom is -0.478 e. The summed E-state index contributed by atoms with van der Waals surface area (Å²) in [5.41, 5.74) is 0.577. The molecule has 1 aliphatic rings. The van der Waals surface area contributed by atoms with Crippen molar-refractivity contribution in [3.63, 3.8) is 0 Å². The molecule has 0 aromatic carbocycles. The van der Waals surface area contributed by atoms with Gasteiger partial charge in [0.25, 0.3) is 5.91 Å². The Balaban J connectivity index is 1.35. The largest absolute Gasteiger partial charge is 0.478 e. The Hall–Kier alpha value is -3.42. The summed E-state index contributed by atoms with van der Waals surface area (Å²) in [7, 11) is 0. The molecule has 0 radical (unpaired) electrons. The summed E-state index contributed by atoms with van der Waals surface area (Å²) >= 11 is 0. The number of carbonyl (C=O) groups is 1. The molecule has 144 valence electrons. The van der Waals surface area contributed by atoms with Gasteiger partial charge in [-0.3, -0.25) is 4.79 Å². The Morgan fingerprint density at radius 1 is 1.00 bits per heavy atom. The lowest BCUT2D eigenvalue weighted by atomic mass is 10.2. The van der Waals surface area contributed by atoms with Crippen molar-refractivity contribution in [1.29, 1.82) is 0 Å². The van der Waals surface area contributed by atoms with Gasteiger partial charge in [0.1, 0.15) is 0 Å². The first-order valence-corrected chi connectivity index (χ1v) is 9.35. The van der Waals surface area contributed by atoms with Crippen LogP contribution >= 0.6 is 0 Å². The summed E-state index contributed by atoms with van der Waals surface area (Å²) < 4.78 is 7.24. The zero-order chi connectivity index (χ0) is 19.3. The molecular formula is C20H22N6O2. The van der Waals surface area contributed by atoms with E-state index in [1.54, 1.807) is 18.3 Å². The van der Waals surface area contributed by atoms with E-state index in [1.807, 2.05) is 53.0 Å². The Kier molecular flexibility index (Phi) is 5.18. The van der Waals surface area contributed by atoms with Crippen LogP contribution in [0.1, 0.15) is 17.3 Å². The first kappa shape index (κ1) is 18.0. The van der Waals surface area contributed by atoms with Crippen LogP contribution in [0.4, 0.5) is 5.82 Å². The van der Waals surface area contributed by atoms with Crippen molar-refractivity contribution in [2.75, 3.05) is 37.7 Å². The molecule has 1 fully saturated rings. The van der Waals surface area contributed by atoms with Crippen molar-refractivity contribution in [3.8, 4) is 11.7 Å². The number of carbonyl (C=O) groups excluding carboxylic acids is 1. The van der Waals surface area contributed by atoms with Crippen LogP contribution in [0.15, 0.2) is 55.0 Å². The Labute approximate surface area is 163 Å². The van der Waals surface area contributed by atoms with E-state index < -0.39 is 0 Å². The van der Waals surface area contributed by atoms with Crippen LogP contribution in [-0.2, 0) is 0 Å². The second-order valence-corrected chi connectivity index (χ2v) is 6.44. The summed E-state index contributed by atoms with van der Waals surface area (Å²) in [5, 5.41) is 8.63. The second kappa shape index (κ2) is 8.08. The van der Waals surface area contributed by atoms with Gasteiger partial charge >= 0.3 is 0 Å². The highest BCUT2D eigenvalue weighted by Crippen LogP contribution is 2.16. The van der Waals surface area contributed by atoms with Crippen LogP contribution in [0.25, 0.3) is 5.82 Å². The molecule has 0 unspecified atom stereocenters. The third-order valence-electron chi connectivity index (χ3n) is 4.67. The molecule has 1 aliphatic heterocycles. The van der Waals surface area contributed by atoms with Gasteiger partial charge in [-0.2, -0.15) is 0 Å². The van der Waals surface area contributed by atoms with Crippen LogP contribution in [0.5, 0.6) is 5.88 Å². The molecule has 4 rings (SSSR count). The van der Waals surface area contributed by atoms with Crippen molar-refractivity contribution in [1.82, 2.24) is 24.6 Å². The zero-order valence-electron chi connectivity index (χ0n) is 15.7. The average molecular weight is 378 g/mol. The number of aromatic nitrogens is 4. The molecule has 28 heavy (non-hydrogen) atoms. The predicted molar refractivity (Wildman–Crippen MR) is 105 cm³/mol. The molecular weight excluding hydrogens is 356 g/mol. The number of pyridine rings is 1. The van der Waals surface area contributed by atoms with Crippen molar-refractivity contribution < 1.29 is 9.53 Å². The molecule has 0 bridgehead atoms. The number of nitrogens with zero attached hydrogens (tertiary/aromatic N) is 6. The van der Waals surface area contributed by atoms with Gasteiger partial charge in [0.15, 0.2) is 11.6 Å². The maximum Gasteiger partial charge on any atom is 0.255 e. The first-order chi connectivity index (χ1) is 13.7. The van der Waals surface area contributed by atoms with Gasteiger partial charge in [-0.1, -0.05) is 0 Å². The van der Waals surface area contributed by atoms with Gasteiger partial charge in [0.2, 0.25) is 5.88 Å². The van der Waals surface area contributed by atoms with E-state index in [4.69, 9.17) is 4.74 Å². The van der Waals surface area contributed by atoms with Crippen molar-refractivity contribution in [2.45, 2.75) is 6.92 Å². The Morgan fingerprint density at radius 3 is 2.32 bits per heavy atom. The van der Waals surface area contributed by atoms with E-state index in [1.165, 1.54) is 0 Å². The van der Waals surface area contributed by atoms with Crippen LogP contribution < -0.4 is 9.64 Å². The molecule has 1 saturated heterocycles. The number of hydrogen-bond donors (Lipinski definition) is 0. The monoisotopic (exact) mass is 378 g/mol. The molecule has 3 aromatic rings. The fourth-order valence-electron chi connectivity index (χ4n) is 3.17. The minimum atomic E-state index is -0.00996. The predicted octanol–water partition coefficient (Wildman–Crippen LogP) is 2.02. The van der Waals surface area contributed by atoms with E-state index in [0.29, 0.717) is 44.2 Å². The zero-order valence-corrected chi connectivity index (χ0v) is 15.7. The van der Waals surface area contributed by atoms with Crippen LogP contribution in [0.2, 0.25) is 0 Å². The second-order valence-electron chi connectivity index (χ2n) is 6.44. The van der Waals surface area contributed by atoms with E-state index in [-0.39, 0.29) is 5.91 Å². The van der Waals surface area contributed by atoms with Crippen LogP contribution in [-0.4, -0.2) is 63.3 Å². The average Bonchev–Trinajstić information content (AvgIpc) is 3.29. The van der Waals surface area contributed by atoms with Gasteiger partial charge < -0.3 is 19.1 Å². The highest BCUT2D eigenvalue weighted by atomic mass is 16.5. The lowest BCUT2D eigenvalue weighted by molar-refractivity contribution is 0.0746. The smallest absolute Gasteiger partial charge is 0.255 e. The van der Waals surface area contributed by atoms with Gasteiger partial charge in [0, 0.05) is 50.8 Å². The minimum absolute atomic E-state index is 0.00996. The number of rotatable bonds is 5. The normalized spacial score (nSPS) is 14.2. The lowest BCUT2D eigenvalue weighted by Gasteiger charge is -2.35. The maximum atomic E-state index is 12.7. The topological polar surface area (TPSA) is 76.4 Å². The fraction of sp³-hybridized carbons (Fsp3) is 0.300. The van der Waals surface area contributed by atoms with Gasteiger partial charge in [-0.05, 0) is 37.3 Å². The molecule has 0 saturated carbocycles. The lowest BCUT2D eigenvalue weighted by Crippen LogP contribution is -2.49. The van der Waals surface area contributed by atoms with Crippen molar-refractivity contribution in [2.24, 2.45) is 0 Å². The summed E-state index contributed by atoms with van der Waals surface area (Å²) in [4.78, 5) is 20.8. The summed E-state index contributed by atoms with van der Waals surface area (Å²) in [5.74, 6) is 2.13. The summed E-state index contributed by atoms with van der Waals surface area (Å²) in [6.45, 7) is 5.15. The number of piperazine rings is 1. The number of ether oxygens (including phenoxy) is 1. The fourth-order valence-corrected chi connectivity index (χ4v) is 3.17. The highest BCUT2D eigenvalue weighted by Gasteiger charge is 2.23. The van der Waals surface area contributed by atoms with Crippen molar-refractivity contribution >= 4 is 11.7 Å². The van der Waals surface area contributed by atoms with E-state index in [2.05, 4.69) is 20.1 Å². The summed E-state index contributed by atoms with van der Waals surface area (Å²) in [6, 6.07) is 11.3. The molecule has 0 spiro atoms. The molecule has 3 aromatic heterocycles. The first-order valence-electron chi connectivity index (χ1n) is 9.35. The van der Waals surface area contributed by atoms with Crippen LogP contribution in [0, 0.1) is 0 Å². The summed E-state index contributed by atoms with van der Waals surface area (Å²) in [6.07, 6.45) is 5.44. The highest BCUT2D eigenvalue weighted by molar-refractivity contribution is 5.94.